The van der Waals surface area contributed by atoms with Gasteiger partial charge in [-0.1, -0.05) is 30.0 Å². The van der Waals surface area contributed by atoms with Gasteiger partial charge in [-0.15, -0.1) is 0 Å². The van der Waals surface area contributed by atoms with E-state index in [0.29, 0.717) is 0 Å². The molecule has 3 nitrogen and oxygen atoms in total. The minimum absolute atomic E-state index is 0.244. The normalized spacial score (nSPS) is 17.8. The van der Waals surface area contributed by atoms with Crippen molar-refractivity contribution in [3.05, 3.63) is 65.5 Å². The molecule has 0 amide bonds. The number of benzene rings is 1. The molecule has 1 aliphatic heterocycles. The van der Waals surface area contributed by atoms with Crippen LogP contribution in [0, 0.1) is 11.8 Å². The van der Waals surface area contributed by atoms with Crippen LogP contribution in [0.25, 0.3) is 0 Å². The van der Waals surface area contributed by atoms with Crippen LogP contribution in [0.15, 0.2) is 53.7 Å². The van der Waals surface area contributed by atoms with Crippen LogP contribution in [0.4, 0.5) is 0 Å². The SMILES string of the molecule is CC1N=CCCN1Cc1ccc(C#Cc2ccccc2)cn1. The van der Waals surface area contributed by atoms with Crippen LogP contribution >= 0.6 is 0 Å². The van der Waals surface area contributed by atoms with Gasteiger partial charge in [0.05, 0.1) is 11.9 Å². The van der Waals surface area contributed by atoms with Crippen molar-refractivity contribution in [1.82, 2.24) is 9.88 Å². The molecular formula is C19H19N3. The monoisotopic (exact) mass is 289 g/mol. The van der Waals surface area contributed by atoms with Gasteiger partial charge in [-0.25, -0.2) is 0 Å². The fourth-order valence-corrected chi connectivity index (χ4v) is 2.41. The van der Waals surface area contributed by atoms with Crippen LogP contribution in [0.1, 0.15) is 30.2 Å². The highest BCUT2D eigenvalue weighted by atomic mass is 15.2. The first-order chi connectivity index (χ1) is 10.8. The van der Waals surface area contributed by atoms with Crippen molar-refractivity contribution in [2.45, 2.75) is 26.1 Å². The average Bonchev–Trinajstić information content (AvgIpc) is 2.57. The van der Waals surface area contributed by atoms with Crippen molar-refractivity contribution in [3.8, 4) is 11.8 Å². The highest BCUT2D eigenvalue weighted by molar-refractivity contribution is 5.58. The molecule has 0 fully saturated rings. The van der Waals surface area contributed by atoms with E-state index >= 15 is 0 Å². The lowest BCUT2D eigenvalue weighted by atomic mass is 10.2. The number of hydrogen-bond acceptors (Lipinski definition) is 3. The van der Waals surface area contributed by atoms with Gasteiger partial charge < -0.3 is 0 Å². The zero-order valence-electron chi connectivity index (χ0n) is 12.7. The summed E-state index contributed by atoms with van der Waals surface area (Å²) < 4.78 is 0. The van der Waals surface area contributed by atoms with Gasteiger partial charge in [-0.2, -0.15) is 0 Å². The van der Waals surface area contributed by atoms with E-state index in [-0.39, 0.29) is 6.17 Å². The molecule has 3 heteroatoms. The van der Waals surface area contributed by atoms with Gasteiger partial charge >= 0.3 is 0 Å². The van der Waals surface area contributed by atoms with Gasteiger partial charge in [0.1, 0.15) is 0 Å². The molecule has 0 saturated heterocycles. The third-order valence-electron chi connectivity index (χ3n) is 3.71. The lowest BCUT2D eigenvalue weighted by Gasteiger charge is -2.28. The maximum absolute atomic E-state index is 4.52. The van der Waals surface area contributed by atoms with Gasteiger partial charge in [-0.3, -0.25) is 14.9 Å². The predicted octanol–water partition coefficient (Wildman–Crippen LogP) is 3.10. The molecule has 0 saturated carbocycles. The van der Waals surface area contributed by atoms with Gasteiger partial charge in [0.25, 0.3) is 0 Å². The second-order valence-corrected chi connectivity index (χ2v) is 5.38. The fraction of sp³-hybridized carbons (Fsp3) is 0.263. The van der Waals surface area contributed by atoms with E-state index in [1.165, 1.54) is 0 Å². The summed E-state index contributed by atoms with van der Waals surface area (Å²) in [6.07, 6.45) is 5.12. The quantitative estimate of drug-likeness (QED) is 0.795. The van der Waals surface area contributed by atoms with E-state index in [1.807, 2.05) is 48.8 Å². The topological polar surface area (TPSA) is 28.5 Å². The summed E-state index contributed by atoms with van der Waals surface area (Å²) in [5, 5.41) is 0. The lowest BCUT2D eigenvalue weighted by Crippen LogP contribution is -2.35. The third kappa shape index (κ3) is 3.81. The number of aromatic nitrogens is 1. The molecule has 1 aromatic heterocycles. The summed E-state index contributed by atoms with van der Waals surface area (Å²) in [4.78, 5) is 11.3. The number of hydrogen-bond donors (Lipinski definition) is 0. The summed E-state index contributed by atoms with van der Waals surface area (Å²) >= 11 is 0. The van der Waals surface area contributed by atoms with Crippen molar-refractivity contribution >= 4 is 6.21 Å². The molecule has 2 heterocycles. The van der Waals surface area contributed by atoms with Gasteiger partial charge in [-0.05, 0) is 37.6 Å². The van der Waals surface area contributed by atoms with Crippen molar-refractivity contribution in [2.24, 2.45) is 4.99 Å². The van der Waals surface area contributed by atoms with Gasteiger partial charge in [0.2, 0.25) is 0 Å². The number of rotatable bonds is 2. The zero-order chi connectivity index (χ0) is 15.2. The molecule has 110 valence electrons. The zero-order valence-corrected chi connectivity index (χ0v) is 12.7. The molecule has 1 aromatic carbocycles. The second kappa shape index (κ2) is 7.02. The molecule has 1 unspecified atom stereocenters. The largest absolute Gasteiger partial charge is 0.279 e. The molecule has 1 aliphatic rings. The Bertz CT molecular complexity index is 693. The van der Waals surface area contributed by atoms with E-state index in [1.54, 1.807) is 0 Å². The predicted molar refractivity (Wildman–Crippen MR) is 89.6 cm³/mol. The average molecular weight is 289 g/mol. The molecule has 0 bridgehead atoms. The molecule has 0 N–H and O–H groups in total. The fourth-order valence-electron chi connectivity index (χ4n) is 2.41. The van der Waals surface area contributed by atoms with E-state index in [9.17, 15) is 0 Å². The molecule has 0 radical (unpaired) electrons. The van der Waals surface area contributed by atoms with Crippen molar-refractivity contribution in [3.63, 3.8) is 0 Å². The molecule has 0 aliphatic carbocycles. The highest BCUT2D eigenvalue weighted by Crippen LogP contribution is 2.11. The Morgan fingerprint density at radius 3 is 2.64 bits per heavy atom. The molecule has 22 heavy (non-hydrogen) atoms. The Kier molecular flexibility index (Phi) is 4.62. The van der Waals surface area contributed by atoms with Crippen LogP contribution in [0.3, 0.4) is 0 Å². The Morgan fingerprint density at radius 2 is 1.91 bits per heavy atom. The van der Waals surface area contributed by atoms with Gasteiger partial charge in [0.15, 0.2) is 0 Å². The molecule has 2 aromatic rings. The maximum atomic E-state index is 4.52. The maximum Gasteiger partial charge on any atom is 0.0990 e. The smallest absolute Gasteiger partial charge is 0.0990 e. The highest BCUT2D eigenvalue weighted by Gasteiger charge is 2.15. The number of pyridine rings is 1. The van der Waals surface area contributed by atoms with Crippen molar-refractivity contribution < 1.29 is 0 Å². The standard InChI is InChI=1S/C19H19N3/c1-16-20-12-5-13-22(16)15-19-11-10-18(14-21-19)9-8-17-6-3-2-4-7-17/h2-4,6-7,10-12,14,16H,5,13,15H2,1H3. The summed E-state index contributed by atoms with van der Waals surface area (Å²) in [6.45, 7) is 4.00. The van der Waals surface area contributed by atoms with E-state index in [2.05, 4.69) is 39.7 Å². The molecular weight excluding hydrogens is 270 g/mol. The minimum Gasteiger partial charge on any atom is -0.279 e. The number of aliphatic imine (C=N–C) groups is 1. The first-order valence-electron chi connectivity index (χ1n) is 7.59. The van der Waals surface area contributed by atoms with Crippen LogP contribution in [-0.4, -0.2) is 28.8 Å². The van der Waals surface area contributed by atoms with Crippen LogP contribution < -0.4 is 0 Å². The lowest BCUT2D eigenvalue weighted by molar-refractivity contribution is 0.201. The second-order valence-electron chi connectivity index (χ2n) is 5.38. The first kappa shape index (κ1) is 14.5. The Morgan fingerprint density at radius 1 is 1.09 bits per heavy atom. The van der Waals surface area contributed by atoms with Crippen LogP contribution in [0.5, 0.6) is 0 Å². The summed E-state index contributed by atoms with van der Waals surface area (Å²) in [5.74, 6) is 6.30. The Hall–Kier alpha value is -2.44. The summed E-state index contributed by atoms with van der Waals surface area (Å²) in [6, 6.07) is 14.1. The minimum atomic E-state index is 0.244. The molecule has 0 spiro atoms. The third-order valence-corrected chi connectivity index (χ3v) is 3.71. The van der Waals surface area contributed by atoms with Gasteiger partial charge in [0, 0.05) is 36.6 Å². The summed E-state index contributed by atoms with van der Waals surface area (Å²) in [7, 11) is 0. The van der Waals surface area contributed by atoms with E-state index in [0.717, 1.165) is 36.3 Å². The molecule has 1 atom stereocenters. The van der Waals surface area contributed by atoms with E-state index in [4.69, 9.17) is 0 Å². The Balaban J connectivity index is 1.66. The van der Waals surface area contributed by atoms with Crippen molar-refractivity contribution in [2.75, 3.05) is 6.54 Å². The first-order valence-corrected chi connectivity index (χ1v) is 7.59. The summed E-state index contributed by atoms with van der Waals surface area (Å²) in [5.41, 5.74) is 3.03. The Labute approximate surface area is 131 Å². The van der Waals surface area contributed by atoms with E-state index < -0.39 is 0 Å². The van der Waals surface area contributed by atoms with Crippen LogP contribution in [-0.2, 0) is 6.54 Å². The van der Waals surface area contributed by atoms with Crippen molar-refractivity contribution in [1.29, 1.82) is 0 Å². The molecule has 3 rings (SSSR count). The number of nitrogens with zero attached hydrogens (tertiary/aromatic N) is 3. The van der Waals surface area contributed by atoms with Crippen LogP contribution in [0.2, 0.25) is 0 Å².